The minimum absolute atomic E-state index is 0.0453. The third kappa shape index (κ3) is 4.55. The molecular formula is C15H22N2O5S2. The fourth-order valence-electron chi connectivity index (χ4n) is 2.76. The molecule has 24 heavy (non-hydrogen) atoms. The van der Waals surface area contributed by atoms with E-state index in [-0.39, 0.29) is 23.1 Å². The number of thiophene rings is 1. The molecule has 1 unspecified atom stereocenters. The first-order valence-corrected chi connectivity index (χ1v) is 10.4. The monoisotopic (exact) mass is 374 g/mol. The average molecular weight is 374 g/mol. The van der Waals surface area contributed by atoms with Crippen LogP contribution in [0.1, 0.15) is 47.2 Å². The number of nitrogens with one attached hydrogen (secondary N) is 1. The van der Waals surface area contributed by atoms with Crippen molar-refractivity contribution in [2.75, 3.05) is 12.3 Å². The molecule has 2 N–H and O–H groups in total. The lowest BCUT2D eigenvalue weighted by Gasteiger charge is -2.33. The number of sulfonamides is 1. The third-order valence-corrected chi connectivity index (χ3v) is 7.03. The van der Waals surface area contributed by atoms with E-state index >= 15 is 0 Å². The predicted octanol–water partition coefficient (Wildman–Crippen LogP) is 1.66. The van der Waals surface area contributed by atoms with Crippen LogP contribution in [0.4, 0.5) is 0 Å². The van der Waals surface area contributed by atoms with E-state index in [2.05, 4.69) is 5.32 Å². The number of hydrogen-bond donors (Lipinski definition) is 2. The van der Waals surface area contributed by atoms with E-state index in [4.69, 9.17) is 5.11 Å². The molecular weight excluding hydrogens is 352 g/mol. The van der Waals surface area contributed by atoms with E-state index in [9.17, 15) is 18.0 Å². The van der Waals surface area contributed by atoms with Crippen LogP contribution in [-0.2, 0) is 21.4 Å². The summed E-state index contributed by atoms with van der Waals surface area (Å²) in [6.07, 6.45) is 2.61. The Morgan fingerprint density at radius 3 is 2.75 bits per heavy atom. The number of carbonyl (C=O) groups is 2. The van der Waals surface area contributed by atoms with Gasteiger partial charge in [0.15, 0.2) is 0 Å². The predicted molar refractivity (Wildman–Crippen MR) is 91.5 cm³/mol. The molecule has 1 aromatic rings. The van der Waals surface area contributed by atoms with Crippen LogP contribution in [0.3, 0.4) is 0 Å². The van der Waals surface area contributed by atoms with Gasteiger partial charge in [-0.25, -0.2) is 13.2 Å². The van der Waals surface area contributed by atoms with Crippen molar-refractivity contribution in [3.05, 3.63) is 21.9 Å². The molecule has 1 atom stereocenters. The zero-order valence-electron chi connectivity index (χ0n) is 13.5. The molecule has 0 bridgehead atoms. The average Bonchev–Trinajstić information content (AvgIpc) is 3.02. The lowest BCUT2D eigenvalue weighted by Crippen LogP contribution is -2.52. The summed E-state index contributed by atoms with van der Waals surface area (Å²) in [4.78, 5) is 24.2. The van der Waals surface area contributed by atoms with Gasteiger partial charge in [0.25, 0.3) is 0 Å². The van der Waals surface area contributed by atoms with Crippen LogP contribution in [0, 0.1) is 0 Å². The van der Waals surface area contributed by atoms with Gasteiger partial charge in [0.05, 0.1) is 12.3 Å². The smallest absolute Gasteiger partial charge is 0.345 e. The Hall–Kier alpha value is -1.45. The number of amides is 1. The Labute approximate surface area is 145 Å². The fourth-order valence-corrected chi connectivity index (χ4v) is 5.29. The fraction of sp³-hybridized carbons (Fsp3) is 0.600. The van der Waals surface area contributed by atoms with E-state index in [0.29, 0.717) is 19.4 Å². The summed E-state index contributed by atoms with van der Waals surface area (Å²) in [6.45, 7) is 2.38. The van der Waals surface area contributed by atoms with Gasteiger partial charge in [-0.05, 0) is 31.4 Å². The second-order valence-electron chi connectivity index (χ2n) is 5.73. The Kier molecular flexibility index (Phi) is 6.36. The summed E-state index contributed by atoms with van der Waals surface area (Å²) in [7, 11) is -3.42. The Bertz CT molecular complexity index is 698. The normalized spacial score (nSPS) is 19.1. The molecule has 0 radical (unpaired) electrons. The zero-order valence-corrected chi connectivity index (χ0v) is 15.2. The number of carboxylic acid groups (broad SMARTS) is 1. The lowest BCUT2D eigenvalue weighted by atomic mass is 10.0. The van der Waals surface area contributed by atoms with Gasteiger partial charge in [0.1, 0.15) is 10.9 Å². The number of rotatable bonds is 7. The molecule has 1 amide bonds. The molecule has 134 valence electrons. The molecule has 0 spiro atoms. The van der Waals surface area contributed by atoms with Crippen LogP contribution in [0.2, 0.25) is 0 Å². The van der Waals surface area contributed by atoms with Crippen molar-refractivity contribution in [3.8, 4) is 0 Å². The summed E-state index contributed by atoms with van der Waals surface area (Å²) in [5.41, 5.74) is 0. The van der Waals surface area contributed by atoms with E-state index in [1.807, 2.05) is 0 Å². The van der Waals surface area contributed by atoms with Gasteiger partial charge in [0, 0.05) is 11.4 Å². The van der Waals surface area contributed by atoms with E-state index in [1.54, 1.807) is 13.0 Å². The first-order chi connectivity index (χ1) is 11.3. The molecule has 1 aliphatic rings. The van der Waals surface area contributed by atoms with Crippen molar-refractivity contribution in [1.29, 1.82) is 0 Å². The zero-order chi connectivity index (χ0) is 17.7. The summed E-state index contributed by atoms with van der Waals surface area (Å²) in [5, 5.41) is 11.6. The number of carbonyl (C=O) groups excluding carboxylic acids is 1. The third-order valence-electron chi connectivity index (χ3n) is 3.89. The Balaban J connectivity index is 2.01. The summed E-state index contributed by atoms with van der Waals surface area (Å²) in [6, 6.07) is 2.47. The SMILES string of the molecule is CCCS(=O)(=O)N1CCCCC1C(=O)NCc1ccc(C(=O)O)s1. The maximum atomic E-state index is 12.4. The summed E-state index contributed by atoms with van der Waals surface area (Å²) < 4.78 is 26.0. The molecule has 0 aliphatic carbocycles. The summed E-state index contributed by atoms with van der Waals surface area (Å²) >= 11 is 1.10. The Morgan fingerprint density at radius 2 is 2.12 bits per heavy atom. The van der Waals surface area contributed by atoms with Gasteiger partial charge >= 0.3 is 5.97 Å². The second-order valence-corrected chi connectivity index (χ2v) is 8.94. The molecule has 1 aromatic heterocycles. The first-order valence-electron chi connectivity index (χ1n) is 7.94. The number of carboxylic acids is 1. The van der Waals surface area contributed by atoms with Crippen LogP contribution >= 0.6 is 11.3 Å². The van der Waals surface area contributed by atoms with Crippen LogP contribution in [0.15, 0.2) is 12.1 Å². The quantitative estimate of drug-likeness (QED) is 0.755. The van der Waals surface area contributed by atoms with Gasteiger partial charge in [-0.15, -0.1) is 11.3 Å². The van der Waals surface area contributed by atoms with Gasteiger partial charge < -0.3 is 10.4 Å². The standard InChI is InChI=1S/C15H22N2O5S2/c1-2-9-24(21,22)17-8-4-3-5-12(17)14(18)16-10-11-6-7-13(23-11)15(19)20/h6-7,12H,2-5,8-10H2,1H3,(H,16,18)(H,19,20). The minimum atomic E-state index is -3.42. The highest BCUT2D eigenvalue weighted by Gasteiger charge is 2.35. The van der Waals surface area contributed by atoms with E-state index in [1.165, 1.54) is 10.4 Å². The van der Waals surface area contributed by atoms with Gasteiger partial charge in [-0.1, -0.05) is 13.3 Å². The van der Waals surface area contributed by atoms with Crippen molar-refractivity contribution in [2.45, 2.75) is 45.2 Å². The van der Waals surface area contributed by atoms with Gasteiger partial charge in [0.2, 0.25) is 15.9 Å². The highest BCUT2D eigenvalue weighted by atomic mass is 32.2. The number of hydrogen-bond acceptors (Lipinski definition) is 5. The number of piperidine rings is 1. The maximum absolute atomic E-state index is 12.4. The van der Waals surface area contributed by atoms with Crippen molar-refractivity contribution in [2.24, 2.45) is 0 Å². The molecule has 2 rings (SSSR count). The molecule has 1 aliphatic heterocycles. The van der Waals surface area contributed by atoms with Crippen molar-refractivity contribution in [1.82, 2.24) is 9.62 Å². The topological polar surface area (TPSA) is 104 Å². The van der Waals surface area contributed by atoms with E-state index in [0.717, 1.165) is 29.1 Å². The van der Waals surface area contributed by atoms with Gasteiger partial charge in [-0.2, -0.15) is 4.31 Å². The van der Waals surface area contributed by atoms with Crippen molar-refractivity contribution < 1.29 is 23.1 Å². The maximum Gasteiger partial charge on any atom is 0.345 e. The van der Waals surface area contributed by atoms with Crippen LogP contribution in [0.5, 0.6) is 0 Å². The second kappa shape index (κ2) is 8.09. The Morgan fingerprint density at radius 1 is 1.38 bits per heavy atom. The van der Waals surface area contributed by atoms with Crippen LogP contribution in [-0.4, -0.2) is 48.0 Å². The van der Waals surface area contributed by atoms with Crippen LogP contribution in [0.25, 0.3) is 0 Å². The molecule has 0 saturated carbocycles. The number of aromatic carboxylic acids is 1. The molecule has 1 fully saturated rings. The summed E-state index contributed by atoms with van der Waals surface area (Å²) in [5.74, 6) is -1.27. The number of nitrogens with zero attached hydrogens (tertiary/aromatic N) is 1. The molecule has 7 nitrogen and oxygen atoms in total. The van der Waals surface area contributed by atoms with E-state index < -0.39 is 22.0 Å². The molecule has 0 aromatic carbocycles. The first kappa shape index (κ1) is 18.9. The van der Waals surface area contributed by atoms with Crippen LogP contribution < -0.4 is 5.32 Å². The van der Waals surface area contributed by atoms with Crippen molar-refractivity contribution in [3.63, 3.8) is 0 Å². The van der Waals surface area contributed by atoms with Crippen molar-refractivity contribution >= 4 is 33.2 Å². The van der Waals surface area contributed by atoms with Gasteiger partial charge in [-0.3, -0.25) is 4.79 Å². The molecule has 1 saturated heterocycles. The highest BCUT2D eigenvalue weighted by molar-refractivity contribution is 7.89. The molecule has 2 heterocycles. The minimum Gasteiger partial charge on any atom is -0.477 e. The largest absolute Gasteiger partial charge is 0.477 e. The molecule has 9 heteroatoms. The highest BCUT2D eigenvalue weighted by Crippen LogP contribution is 2.22. The lowest BCUT2D eigenvalue weighted by molar-refractivity contribution is -0.125.